The molecule has 8 nitrogen and oxygen atoms in total. The molecule has 0 aliphatic rings. The molecular formula is C22H26N6O2S. The van der Waals surface area contributed by atoms with E-state index in [0.29, 0.717) is 17.5 Å². The van der Waals surface area contributed by atoms with E-state index in [1.165, 1.54) is 11.8 Å². The molecule has 3 amide bonds. The molecule has 0 saturated heterocycles. The van der Waals surface area contributed by atoms with Gasteiger partial charge < -0.3 is 5.32 Å². The van der Waals surface area contributed by atoms with Crippen molar-refractivity contribution in [3.05, 3.63) is 54.4 Å². The molecular weight excluding hydrogens is 412 g/mol. The average molecular weight is 439 g/mol. The largest absolute Gasteiger partial charge is 0.338 e. The SMILES string of the molecule is CCNC(=O)NC(=O)C(C)Sc1nnc(-c2cccnc2)n1-c1ccccc1C(C)C. The van der Waals surface area contributed by atoms with Gasteiger partial charge in [-0.2, -0.15) is 0 Å². The Kier molecular flexibility index (Phi) is 7.41. The van der Waals surface area contributed by atoms with E-state index in [4.69, 9.17) is 0 Å². The first-order chi connectivity index (χ1) is 14.9. The monoisotopic (exact) mass is 438 g/mol. The lowest BCUT2D eigenvalue weighted by Gasteiger charge is -2.18. The summed E-state index contributed by atoms with van der Waals surface area (Å²) in [5.41, 5.74) is 2.90. The molecule has 1 atom stereocenters. The molecule has 3 rings (SSSR count). The van der Waals surface area contributed by atoms with Gasteiger partial charge in [-0.15, -0.1) is 10.2 Å². The summed E-state index contributed by atoms with van der Waals surface area (Å²) in [6.45, 7) is 8.22. The van der Waals surface area contributed by atoms with E-state index in [0.717, 1.165) is 16.8 Å². The summed E-state index contributed by atoms with van der Waals surface area (Å²) in [5.74, 6) is 0.516. The van der Waals surface area contributed by atoms with E-state index in [1.54, 1.807) is 26.2 Å². The van der Waals surface area contributed by atoms with Crippen molar-refractivity contribution in [2.45, 2.75) is 44.0 Å². The molecule has 0 spiro atoms. The number of hydrogen-bond donors (Lipinski definition) is 2. The molecule has 0 fully saturated rings. The molecule has 9 heteroatoms. The number of para-hydroxylation sites is 1. The first-order valence-electron chi connectivity index (χ1n) is 10.1. The molecule has 0 aliphatic carbocycles. The van der Waals surface area contributed by atoms with Crippen molar-refractivity contribution in [1.29, 1.82) is 0 Å². The van der Waals surface area contributed by atoms with E-state index < -0.39 is 17.2 Å². The van der Waals surface area contributed by atoms with Gasteiger partial charge in [0.05, 0.1) is 10.9 Å². The quantitative estimate of drug-likeness (QED) is 0.545. The smallest absolute Gasteiger partial charge is 0.321 e. The molecule has 0 bridgehead atoms. The summed E-state index contributed by atoms with van der Waals surface area (Å²) < 4.78 is 1.95. The van der Waals surface area contributed by atoms with E-state index in [9.17, 15) is 9.59 Å². The topological polar surface area (TPSA) is 102 Å². The third kappa shape index (κ3) is 5.29. The number of rotatable bonds is 7. The van der Waals surface area contributed by atoms with Crippen LogP contribution in [0.1, 0.15) is 39.2 Å². The predicted octanol–water partition coefficient (Wildman–Crippen LogP) is 3.78. The second-order valence-corrected chi connectivity index (χ2v) is 8.51. The summed E-state index contributed by atoms with van der Waals surface area (Å²) in [7, 11) is 0. The highest BCUT2D eigenvalue weighted by Gasteiger charge is 2.24. The lowest BCUT2D eigenvalue weighted by molar-refractivity contribution is -0.119. The number of carbonyl (C=O) groups is 2. The minimum Gasteiger partial charge on any atom is -0.338 e. The fourth-order valence-electron chi connectivity index (χ4n) is 3.05. The number of amides is 3. The Hall–Kier alpha value is -3.20. The minimum absolute atomic E-state index is 0.275. The van der Waals surface area contributed by atoms with Crippen molar-refractivity contribution in [2.24, 2.45) is 0 Å². The molecule has 3 aromatic rings. The van der Waals surface area contributed by atoms with Crippen molar-refractivity contribution >= 4 is 23.7 Å². The van der Waals surface area contributed by atoms with Gasteiger partial charge in [0.15, 0.2) is 11.0 Å². The number of nitrogens with zero attached hydrogens (tertiary/aromatic N) is 4. The first kappa shape index (κ1) is 22.5. The van der Waals surface area contributed by atoms with E-state index >= 15 is 0 Å². The highest BCUT2D eigenvalue weighted by atomic mass is 32.2. The van der Waals surface area contributed by atoms with Gasteiger partial charge in [0.1, 0.15) is 0 Å². The zero-order valence-corrected chi connectivity index (χ0v) is 18.8. The maximum absolute atomic E-state index is 12.5. The van der Waals surface area contributed by atoms with E-state index in [1.807, 2.05) is 34.9 Å². The molecule has 0 radical (unpaired) electrons. The van der Waals surface area contributed by atoms with Crippen molar-refractivity contribution in [3.63, 3.8) is 0 Å². The van der Waals surface area contributed by atoms with Crippen LogP contribution >= 0.6 is 11.8 Å². The van der Waals surface area contributed by atoms with Crippen LogP contribution in [0.3, 0.4) is 0 Å². The van der Waals surface area contributed by atoms with Crippen LogP contribution in [0.25, 0.3) is 17.1 Å². The number of carbonyl (C=O) groups excluding carboxylic acids is 2. The molecule has 1 unspecified atom stereocenters. The van der Waals surface area contributed by atoms with Gasteiger partial charge in [-0.3, -0.25) is 19.7 Å². The zero-order chi connectivity index (χ0) is 22.4. The zero-order valence-electron chi connectivity index (χ0n) is 18.0. The number of aromatic nitrogens is 4. The summed E-state index contributed by atoms with van der Waals surface area (Å²) >= 11 is 1.25. The average Bonchev–Trinajstić information content (AvgIpc) is 3.17. The van der Waals surface area contributed by atoms with Gasteiger partial charge in [-0.25, -0.2) is 4.79 Å². The standard InChI is InChI=1S/C22H26N6O2S/c1-5-24-21(30)25-20(29)15(4)31-22-27-26-19(16-9-8-12-23-13-16)28(22)18-11-7-6-10-17(18)14(2)3/h6-15H,5H2,1-4H3,(H2,24,25,29,30). The van der Waals surface area contributed by atoms with Gasteiger partial charge in [0.25, 0.3) is 0 Å². The fourth-order valence-corrected chi connectivity index (χ4v) is 3.92. The third-order valence-electron chi connectivity index (χ3n) is 4.58. The van der Waals surface area contributed by atoms with Crippen molar-refractivity contribution < 1.29 is 9.59 Å². The van der Waals surface area contributed by atoms with E-state index in [2.05, 4.69) is 45.7 Å². The molecule has 1 aromatic carbocycles. The molecule has 162 valence electrons. The Bertz CT molecular complexity index is 1050. The first-order valence-corrected chi connectivity index (χ1v) is 11.0. The maximum atomic E-state index is 12.5. The molecule has 2 heterocycles. The second-order valence-electron chi connectivity index (χ2n) is 7.21. The molecule has 31 heavy (non-hydrogen) atoms. The molecule has 2 N–H and O–H groups in total. The van der Waals surface area contributed by atoms with Crippen LogP contribution in [-0.2, 0) is 4.79 Å². The van der Waals surface area contributed by atoms with Crippen molar-refractivity contribution in [1.82, 2.24) is 30.4 Å². The van der Waals surface area contributed by atoms with Crippen LogP contribution in [0.5, 0.6) is 0 Å². The number of imide groups is 1. The van der Waals surface area contributed by atoms with E-state index in [-0.39, 0.29) is 5.92 Å². The summed E-state index contributed by atoms with van der Waals surface area (Å²) in [6.07, 6.45) is 3.44. The molecule has 0 aliphatic heterocycles. The number of pyridine rings is 1. The number of thioether (sulfide) groups is 1. The van der Waals surface area contributed by atoms with Gasteiger partial charge in [0.2, 0.25) is 5.91 Å². The van der Waals surface area contributed by atoms with Crippen LogP contribution in [0.2, 0.25) is 0 Å². The predicted molar refractivity (Wildman–Crippen MR) is 121 cm³/mol. The van der Waals surface area contributed by atoms with Crippen molar-refractivity contribution in [3.8, 4) is 17.1 Å². The number of urea groups is 1. The van der Waals surface area contributed by atoms with Gasteiger partial charge >= 0.3 is 6.03 Å². The summed E-state index contributed by atoms with van der Waals surface area (Å²) in [6, 6.07) is 11.3. The van der Waals surface area contributed by atoms with Crippen LogP contribution in [0, 0.1) is 0 Å². The molecule has 2 aromatic heterocycles. The Morgan fingerprint density at radius 3 is 2.55 bits per heavy atom. The van der Waals surface area contributed by atoms with Gasteiger partial charge in [0, 0.05) is 24.5 Å². The normalized spacial score (nSPS) is 11.9. The van der Waals surface area contributed by atoms with Crippen LogP contribution < -0.4 is 10.6 Å². The Morgan fingerprint density at radius 2 is 1.87 bits per heavy atom. The van der Waals surface area contributed by atoms with Crippen LogP contribution in [0.4, 0.5) is 4.79 Å². The molecule has 0 saturated carbocycles. The van der Waals surface area contributed by atoms with Crippen LogP contribution in [-0.4, -0.2) is 43.5 Å². The number of benzene rings is 1. The fraction of sp³-hybridized carbons (Fsp3) is 0.318. The van der Waals surface area contributed by atoms with Gasteiger partial charge in [-0.05, 0) is 43.5 Å². The van der Waals surface area contributed by atoms with Crippen molar-refractivity contribution in [2.75, 3.05) is 6.54 Å². The Labute approximate surface area is 185 Å². The Morgan fingerprint density at radius 1 is 1.10 bits per heavy atom. The van der Waals surface area contributed by atoms with Crippen LogP contribution in [0.15, 0.2) is 53.9 Å². The lowest BCUT2D eigenvalue weighted by Crippen LogP contribution is -2.42. The number of nitrogens with one attached hydrogen (secondary N) is 2. The maximum Gasteiger partial charge on any atom is 0.321 e. The highest BCUT2D eigenvalue weighted by molar-refractivity contribution is 8.00. The van der Waals surface area contributed by atoms with Gasteiger partial charge in [-0.1, -0.05) is 43.8 Å². The second kappa shape index (κ2) is 10.2. The third-order valence-corrected chi connectivity index (χ3v) is 5.62. The highest BCUT2D eigenvalue weighted by Crippen LogP contribution is 2.33. The minimum atomic E-state index is -0.557. The Balaban J connectivity index is 2.01. The number of hydrogen-bond acceptors (Lipinski definition) is 6. The summed E-state index contributed by atoms with van der Waals surface area (Å²) in [4.78, 5) is 28.4. The summed E-state index contributed by atoms with van der Waals surface area (Å²) in [5, 5.41) is 13.7. The lowest BCUT2D eigenvalue weighted by atomic mass is 10.0.